The fourth-order valence-electron chi connectivity index (χ4n) is 7.01. The molecule has 0 aromatic carbocycles. The van der Waals surface area contributed by atoms with Gasteiger partial charge in [-0.25, -0.2) is 4.98 Å². The van der Waals surface area contributed by atoms with Crippen LogP contribution in [-0.4, -0.2) is 21.2 Å². The maximum Gasteiger partial charge on any atom is 0.0927 e. The first-order valence-electron chi connectivity index (χ1n) is 10.1. The summed E-state index contributed by atoms with van der Waals surface area (Å²) in [4.78, 5) is 7.70. The number of aliphatic hydroxyl groups is 1. The highest BCUT2D eigenvalue weighted by molar-refractivity contribution is 5.70. The Labute approximate surface area is 150 Å². The molecule has 0 bridgehead atoms. The predicted octanol–water partition coefficient (Wildman–Crippen LogP) is 4.73. The second-order valence-corrected chi connectivity index (χ2v) is 9.42. The van der Waals surface area contributed by atoms with E-state index in [1.165, 1.54) is 37.7 Å². The third kappa shape index (κ3) is 2.11. The Morgan fingerprint density at radius 1 is 1.08 bits per heavy atom. The van der Waals surface area contributed by atoms with Gasteiger partial charge in [-0.05, 0) is 79.1 Å². The molecule has 0 radical (unpaired) electrons. The minimum Gasteiger partial charge on any atom is -0.393 e. The number of nitrogens with zero attached hydrogens (tertiary/aromatic N) is 1. The van der Waals surface area contributed by atoms with Crippen molar-refractivity contribution in [3.8, 4) is 0 Å². The lowest BCUT2D eigenvalue weighted by atomic mass is 9.47. The molecule has 0 unspecified atom stereocenters. The van der Waals surface area contributed by atoms with Gasteiger partial charge in [0.25, 0.3) is 0 Å². The summed E-state index contributed by atoms with van der Waals surface area (Å²) in [6.07, 6.45) is 16.9. The van der Waals surface area contributed by atoms with Gasteiger partial charge < -0.3 is 10.1 Å². The molecule has 4 aliphatic carbocycles. The van der Waals surface area contributed by atoms with Crippen LogP contribution in [-0.2, 0) is 0 Å². The number of aromatic amines is 1. The number of aromatic nitrogens is 2. The monoisotopic (exact) mass is 338 g/mol. The predicted molar refractivity (Wildman–Crippen MR) is 99.7 cm³/mol. The summed E-state index contributed by atoms with van der Waals surface area (Å²) in [7, 11) is 0. The van der Waals surface area contributed by atoms with Gasteiger partial charge in [0.1, 0.15) is 0 Å². The summed E-state index contributed by atoms with van der Waals surface area (Å²) in [5.41, 5.74) is 4.82. The van der Waals surface area contributed by atoms with Crippen molar-refractivity contribution >= 4 is 5.57 Å². The number of imidazole rings is 1. The molecule has 1 aromatic heterocycles. The number of fused-ring (bicyclic) bond motifs is 5. The average Bonchev–Trinajstić information content (AvgIpc) is 3.22. The number of hydrogen-bond donors (Lipinski definition) is 2. The zero-order chi connectivity index (χ0) is 17.2. The zero-order valence-corrected chi connectivity index (χ0v) is 15.5. The standard InChI is InChI=1S/C22H30N2O/c1-21-9-7-15(25)11-14(21)3-4-16-17-5-6-19(20-12-23-13-24-20)22(17,2)10-8-18(16)21/h3,6,12-13,15-18,25H,4-5,7-11H2,1-2H3,(H,23,24)/t15-,16-,17-,18-,21-,22-/m0/s1. The van der Waals surface area contributed by atoms with Crippen molar-refractivity contribution in [3.63, 3.8) is 0 Å². The minimum absolute atomic E-state index is 0.107. The molecular weight excluding hydrogens is 308 g/mol. The van der Waals surface area contributed by atoms with Crippen molar-refractivity contribution in [1.29, 1.82) is 0 Å². The Morgan fingerprint density at radius 3 is 2.72 bits per heavy atom. The van der Waals surface area contributed by atoms with Crippen LogP contribution in [0.4, 0.5) is 0 Å². The van der Waals surface area contributed by atoms with Gasteiger partial charge >= 0.3 is 0 Å². The minimum atomic E-state index is -0.107. The van der Waals surface area contributed by atoms with E-state index in [2.05, 4.69) is 42.2 Å². The number of hydrogen-bond acceptors (Lipinski definition) is 2. The van der Waals surface area contributed by atoms with Crippen molar-refractivity contribution in [3.05, 3.63) is 35.9 Å². The molecule has 0 spiro atoms. The molecule has 4 aliphatic rings. The summed E-state index contributed by atoms with van der Waals surface area (Å²) in [6.45, 7) is 4.99. The van der Waals surface area contributed by atoms with Crippen LogP contribution in [0.5, 0.6) is 0 Å². The smallest absolute Gasteiger partial charge is 0.0927 e. The van der Waals surface area contributed by atoms with Crippen LogP contribution >= 0.6 is 0 Å². The van der Waals surface area contributed by atoms with Gasteiger partial charge in [-0.3, -0.25) is 0 Å². The molecular formula is C22H30N2O. The maximum atomic E-state index is 10.1. The number of aliphatic hydroxyl groups excluding tert-OH is 1. The van der Waals surface area contributed by atoms with Gasteiger partial charge in [-0.1, -0.05) is 31.6 Å². The molecule has 134 valence electrons. The summed E-state index contributed by atoms with van der Waals surface area (Å²) >= 11 is 0. The Kier molecular flexibility index (Phi) is 3.38. The molecule has 2 fully saturated rings. The van der Waals surface area contributed by atoms with E-state index in [1.54, 1.807) is 5.57 Å². The van der Waals surface area contributed by atoms with E-state index in [-0.39, 0.29) is 11.5 Å². The second kappa shape index (κ2) is 5.33. The molecule has 2 saturated carbocycles. The van der Waals surface area contributed by atoms with Gasteiger partial charge in [0, 0.05) is 6.20 Å². The number of H-pyrrole nitrogens is 1. The van der Waals surface area contributed by atoms with Crippen molar-refractivity contribution < 1.29 is 5.11 Å². The fourth-order valence-corrected chi connectivity index (χ4v) is 7.01. The Hall–Kier alpha value is -1.35. The lowest BCUT2D eigenvalue weighted by Crippen LogP contribution is -2.49. The normalized spacial score (nSPS) is 45.9. The van der Waals surface area contributed by atoms with E-state index in [0.717, 1.165) is 36.3 Å². The summed E-state index contributed by atoms with van der Waals surface area (Å²) < 4.78 is 0. The highest BCUT2D eigenvalue weighted by atomic mass is 16.3. The van der Waals surface area contributed by atoms with E-state index in [9.17, 15) is 5.11 Å². The molecule has 1 heterocycles. The van der Waals surface area contributed by atoms with Gasteiger partial charge in [0.2, 0.25) is 0 Å². The molecule has 25 heavy (non-hydrogen) atoms. The zero-order valence-electron chi connectivity index (χ0n) is 15.5. The van der Waals surface area contributed by atoms with Crippen molar-refractivity contribution in [2.45, 2.75) is 64.9 Å². The first kappa shape index (κ1) is 15.9. The van der Waals surface area contributed by atoms with E-state index in [0.29, 0.717) is 5.41 Å². The topological polar surface area (TPSA) is 48.9 Å². The third-order valence-corrected chi connectivity index (χ3v) is 8.43. The molecule has 2 N–H and O–H groups in total. The van der Waals surface area contributed by atoms with Crippen molar-refractivity contribution in [2.24, 2.45) is 28.6 Å². The van der Waals surface area contributed by atoms with Gasteiger partial charge in [-0.2, -0.15) is 0 Å². The Bertz CT molecular complexity index is 733. The van der Waals surface area contributed by atoms with Gasteiger partial charge in [0.05, 0.1) is 18.1 Å². The third-order valence-electron chi connectivity index (χ3n) is 8.43. The van der Waals surface area contributed by atoms with Crippen LogP contribution in [0.25, 0.3) is 5.57 Å². The van der Waals surface area contributed by atoms with Crippen LogP contribution in [0.3, 0.4) is 0 Å². The largest absolute Gasteiger partial charge is 0.393 e. The van der Waals surface area contributed by atoms with Gasteiger partial charge in [-0.15, -0.1) is 0 Å². The van der Waals surface area contributed by atoms with Crippen LogP contribution in [0, 0.1) is 28.6 Å². The van der Waals surface area contributed by atoms with E-state index in [1.807, 2.05) is 6.33 Å². The summed E-state index contributed by atoms with van der Waals surface area (Å²) in [5, 5.41) is 10.1. The molecule has 6 atom stereocenters. The molecule has 0 amide bonds. The lowest BCUT2D eigenvalue weighted by Gasteiger charge is -2.57. The van der Waals surface area contributed by atoms with Crippen LogP contribution in [0.1, 0.15) is 64.5 Å². The molecule has 5 rings (SSSR count). The van der Waals surface area contributed by atoms with E-state index < -0.39 is 0 Å². The lowest BCUT2D eigenvalue weighted by molar-refractivity contribution is -0.0238. The summed E-state index contributed by atoms with van der Waals surface area (Å²) in [5.74, 6) is 2.33. The Morgan fingerprint density at radius 2 is 1.92 bits per heavy atom. The first-order valence-corrected chi connectivity index (χ1v) is 10.1. The molecule has 0 saturated heterocycles. The molecule has 3 heteroatoms. The van der Waals surface area contributed by atoms with E-state index in [4.69, 9.17) is 0 Å². The number of rotatable bonds is 1. The van der Waals surface area contributed by atoms with Gasteiger partial charge in [0.15, 0.2) is 0 Å². The first-order chi connectivity index (χ1) is 12.0. The molecule has 3 nitrogen and oxygen atoms in total. The Balaban J connectivity index is 1.48. The fraction of sp³-hybridized carbons (Fsp3) is 0.682. The molecule has 1 aromatic rings. The average molecular weight is 338 g/mol. The SMILES string of the molecule is C[C@]12CC[C@H](O)CC1=CC[C@@H]1[C@@H]2CC[C@]2(C)C(c3c[nH]cn3)=CC[C@@H]12. The number of nitrogens with one attached hydrogen (secondary N) is 1. The van der Waals surface area contributed by atoms with Crippen LogP contribution < -0.4 is 0 Å². The number of allylic oxidation sites excluding steroid dienone is 3. The molecule has 0 aliphatic heterocycles. The van der Waals surface area contributed by atoms with Crippen LogP contribution in [0.15, 0.2) is 30.2 Å². The highest BCUT2D eigenvalue weighted by Crippen LogP contribution is 2.66. The second-order valence-electron chi connectivity index (χ2n) is 9.42. The van der Waals surface area contributed by atoms with Crippen LogP contribution in [0.2, 0.25) is 0 Å². The van der Waals surface area contributed by atoms with Crippen molar-refractivity contribution in [1.82, 2.24) is 9.97 Å². The maximum absolute atomic E-state index is 10.1. The quantitative estimate of drug-likeness (QED) is 0.728. The highest BCUT2D eigenvalue weighted by Gasteiger charge is 2.56. The summed E-state index contributed by atoms with van der Waals surface area (Å²) in [6, 6.07) is 0. The van der Waals surface area contributed by atoms with Crippen molar-refractivity contribution in [2.75, 3.05) is 0 Å². The van der Waals surface area contributed by atoms with E-state index >= 15 is 0 Å².